The van der Waals surface area contributed by atoms with Gasteiger partial charge in [-0.2, -0.15) is 0 Å². The van der Waals surface area contributed by atoms with Crippen LogP contribution in [-0.4, -0.2) is 0 Å². The van der Waals surface area contributed by atoms with E-state index < -0.39 is 5.41 Å². The number of fused-ring (bicyclic) bond motifs is 9. The summed E-state index contributed by atoms with van der Waals surface area (Å²) in [5.74, 6) is 0. The number of anilines is 3. The van der Waals surface area contributed by atoms with E-state index in [0.29, 0.717) is 0 Å². The van der Waals surface area contributed by atoms with E-state index in [4.69, 9.17) is 4.42 Å². The van der Waals surface area contributed by atoms with Crippen LogP contribution in [0.3, 0.4) is 0 Å². The van der Waals surface area contributed by atoms with Gasteiger partial charge in [-0.25, -0.2) is 0 Å². The van der Waals surface area contributed by atoms with Crippen LogP contribution in [0.4, 0.5) is 17.1 Å². The van der Waals surface area contributed by atoms with Gasteiger partial charge in [-0.1, -0.05) is 184 Å². The first-order chi connectivity index (χ1) is 29.5. The first-order valence-corrected chi connectivity index (χ1v) is 20.9. The standard InChI is InChI=1S/C58H41NO/c1-57(2)49-25-13-9-21-44(49)47-34-33-42(37-52(47)57)59(53-36-35-43(38-17-5-3-6-18-38)56-55(53)48-24-12-16-28-54(48)60-56)41-31-29-40(30-32-41)58(39-19-7-4-8-20-39)50-26-14-10-22-45(50)46-23-11-15-27-51(46)58/h3-37H,1-2H3. The number of rotatable bonds is 6. The minimum absolute atomic E-state index is 0.155. The van der Waals surface area contributed by atoms with Gasteiger partial charge >= 0.3 is 0 Å². The predicted octanol–water partition coefficient (Wildman–Crippen LogP) is 15.4. The molecule has 2 heteroatoms. The molecule has 10 aromatic rings. The summed E-state index contributed by atoms with van der Waals surface area (Å²) in [4.78, 5) is 2.45. The van der Waals surface area contributed by atoms with Crippen LogP contribution in [-0.2, 0) is 10.8 Å². The van der Waals surface area contributed by atoms with E-state index in [0.717, 1.165) is 50.1 Å². The molecule has 0 saturated heterocycles. The molecule has 0 bridgehead atoms. The molecule has 2 aliphatic carbocycles. The zero-order valence-electron chi connectivity index (χ0n) is 33.6. The van der Waals surface area contributed by atoms with Crippen LogP contribution in [0.2, 0.25) is 0 Å². The van der Waals surface area contributed by atoms with E-state index >= 15 is 0 Å². The maximum Gasteiger partial charge on any atom is 0.145 e. The van der Waals surface area contributed by atoms with Crippen LogP contribution in [0.25, 0.3) is 55.3 Å². The maximum atomic E-state index is 6.84. The van der Waals surface area contributed by atoms with Crippen molar-refractivity contribution in [2.45, 2.75) is 24.7 Å². The van der Waals surface area contributed by atoms with Crippen LogP contribution in [0.5, 0.6) is 0 Å². The summed E-state index contributed by atoms with van der Waals surface area (Å²) in [6, 6.07) is 77.9. The molecule has 9 aromatic carbocycles. The van der Waals surface area contributed by atoms with E-state index in [1.54, 1.807) is 0 Å². The lowest BCUT2D eigenvalue weighted by Gasteiger charge is -2.34. The minimum atomic E-state index is -0.480. The third kappa shape index (κ3) is 4.82. The predicted molar refractivity (Wildman–Crippen MR) is 249 cm³/mol. The summed E-state index contributed by atoms with van der Waals surface area (Å²) >= 11 is 0. The summed E-state index contributed by atoms with van der Waals surface area (Å²) in [5.41, 5.74) is 19.6. The van der Waals surface area contributed by atoms with Crippen molar-refractivity contribution in [2.24, 2.45) is 0 Å². The first-order valence-electron chi connectivity index (χ1n) is 20.9. The van der Waals surface area contributed by atoms with E-state index in [2.05, 4.69) is 231 Å². The Balaban J connectivity index is 1.11. The molecular weight excluding hydrogens is 727 g/mol. The Morgan fingerprint density at radius 3 is 1.62 bits per heavy atom. The first kappa shape index (κ1) is 34.6. The van der Waals surface area contributed by atoms with Gasteiger partial charge in [0.1, 0.15) is 11.2 Å². The van der Waals surface area contributed by atoms with Crippen molar-refractivity contribution in [1.82, 2.24) is 0 Å². The Morgan fingerprint density at radius 1 is 0.400 bits per heavy atom. The third-order valence-electron chi connectivity index (χ3n) is 13.4. The van der Waals surface area contributed by atoms with Crippen molar-refractivity contribution in [3.05, 3.63) is 246 Å². The quantitative estimate of drug-likeness (QED) is 0.168. The molecule has 0 saturated carbocycles. The highest BCUT2D eigenvalue weighted by Crippen LogP contribution is 2.57. The number of furan rings is 1. The zero-order chi connectivity index (χ0) is 40.0. The van der Waals surface area contributed by atoms with Crippen molar-refractivity contribution in [3.63, 3.8) is 0 Å². The van der Waals surface area contributed by atoms with E-state index in [-0.39, 0.29) is 5.41 Å². The highest BCUT2D eigenvalue weighted by Gasteiger charge is 2.46. The molecule has 0 unspecified atom stereocenters. The van der Waals surface area contributed by atoms with Gasteiger partial charge in [0.25, 0.3) is 0 Å². The summed E-state index contributed by atoms with van der Waals surface area (Å²) in [6.45, 7) is 4.72. The second kappa shape index (κ2) is 13.0. The van der Waals surface area contributed by atoms with Crippen molar-refractivity contribution >= 4 is 39.0 Å². The molecule has 0 fully saturated rings. The Kier molecular flexibility index (Phi) is 7.52. The lowest BCUT2D eigenvalue weighted by Crippen LogP contribution is -2.28. The highest BCUT2D eigenvalue weighted by molar-refractivity contribution is 6.17. The molecule has 12 rings (SSSR count). The minimum Gasteiger partial charge on any atom is -0.455 e. The van der Waals surface area contributed by atoms with Gasteiger partial charge in [-0.05, 0) is 104 Å². The molecule has 1 heterocycles. The molecular formula is C58H41NO. The zero-order valence-corrected chi connectivity index (χ0v) is 33.6. The molecule has 2 nitrogen and oxygen atoms in total. The molecule has 0 spiro atoms. The monoisotopic (exact) mass is 767 g/mol. The fourth-order valence-electron chi connectivity index (χ4n) is 10.7. The van der Waals surface area contributed by atoms with Gasteiger partial charge < -0.3 is 9.32 Å². The summed E-state index contributed by atoms with van der Waals surface area (Å²) in [6.07, 6.45) is 0. The molecule has 0 atom stereocenters. The number of para-hydroxylation sites is 1. The van der Waals surface area contributed by atoms with Gasteiger partial charge in [0, 0.05) is 27.7 Å². The third-order valence-corrected chi connectivity index (χ3v) is 13.4. The van der Waals surface area contributed by atoms with Gasteiger partial charge in [-0.3, -0.25) is 0 Å². The average Bonchev–Trinajstić information content (AvgIpc) is 3.92. The van der Waals surface area contributed by atoms with Gasteiger partial charge in [0.2, 0.25) is 0 Å². The van der Waals surface area contributed by atoms with Crippen LogP contribution < -0.4 is 4.90 Å². The Labute approximate surface area is 350 Å². The lowest BCUT2D eigenvalue weighted by atomic mass is 9.68. The maximum absolute atomic E-state index is 6.84. The summed E-state index contributed by atoms with van der Waals surface area (Å²) in [7, 11) is 0. The van der Waals surface area contributed by atoms with Crippen LogP contribution in [0, 0.1) is 0 Å². The van der Waals surface area contributed by atoms with Crippen molar-refractivity contribution in [3.8, 4) is 33.4 Å². The fourth-order valence-corrected chi connectivity index (χ4v) is 10.7. The van der Waals surface area contributed by atoms with Gasteiger partial charge in [0.15, 0.2) is 0 Å². The number of hydrogen-bond donors (Lipinski definition) is 0. The number of nitrogens with zero attached hydrogens (tertiary/aromatic N) is 1. The van der Waals surface area contributed by atoms with Crippen molar-refractivity contribution < 1.29 is 4.42 Å². The van der Waals surface area contributed by atoms with Crippen molar-refractivity contribution in [1.29, 1.82) is 0 Å². The summed E-state index contributed by atoms with van der Waals surface area (Å²) < 4.78 is 6.84. The van der Waals surface area contributed by atoms with E-state index in [9.17, 15) is 0 Å². The largest absolute Gasteiger partial charge is 0.455 e. The SMILES string of the molecule is CC1(C)c2ccccc2-c2ccc(N(c3ccc(C4(c5ccccc5)c5ccccc5-c5ccccc54)cc3)c3ccc(-c4ccccc4)c4oc5ccccc5c34)cc21. The Hall–Kier alpha value is -7.42. The van der Waals surface area contributed by atoms with Crippen molar-refractivity contribution in [2.75, 3.05) is 4.90 Å². The van der Waals surface area contributed by atoms with Gasteiger partial charge in [-0.15, -0.1) is 0 Å². The van der Waals surface area contributed by atoms with Gasteiger partial charge in [0.05, 0.1) is 16.5 Å². The normalized spacial score (nSPS) is 14.1. The smallest absolute Gasteiger partial charge is 0.145 e. The van der Waals surface area contributed by atoms with Crippen LogP contribution in [0.15, 0.2) is 217 Å². The highest BCUT2D eigenvalue weighted by atomic mass is 16.3. The Morgan fingerprint density at radius 2 is 0.917 bits per heavy atom. The molecule has 0 amide bonds. The van der Waals surface area contributed by atoms with Crippen LogP contribution >= 0.6 is 0 Å². The molecule has 2 aliphatic rings. The molecule has 284 valence electrons. The topological polar surface area (TPSA) is 16.4 Å². The van der Waals surface area contributed by atoms with Crippen LogP contribution in [0.1, 0.15) is 47.2 Å². The average molecular weight is 768 g/mol. The summed E-state index contributed by atoms with van der Waals surface area (Å²) in [5, 5.41) is 2.19. The Bertz CT molecular complexity index is 3240. The lowest BCUT2D eigenvalue weighted by molar-refractivity contribution is 0.660. The molecule has 1 aromatic heterocycles. The van der Waals surface area contributed by atoms with E-state index in [1.165, 1.54) is 55.6 Å². The molecule has 0 radical (unpaired) electrons. The number of benzene rings is 9. The molecule has 0 N–H and O–H groups in total. The molecule has 0 aliphatic heterocycles. The second-order valence-electron chi connectivity index (χ2n) is 16.8. The molecule has 60 heavy (non-hydrogen) atoms. The second-order valence-corrected chi connectivity index (χ2v) is 16.8. The fraction of sp³-hybridized carbons (Fsp3) is 0.0690. The number of hydrogen-bond acceptors (Lipinski definition) is 2. The van der Waals surface area contributed by atoms with E-state index in [1.807, 2.05) is 0 Å².